The van der Waals surface area contributed by atoms with Crippen LogP contribution < -0.4 is 10.8 Å². The molecule has 0 unspecified atom stereocenters. The van der Waals surface area contributed by atoms with Gasteiger partial charge in [0.25, 0.3) is 0 Å². The van der Waals surface area contributed by atoms with Crippen molar-refractivity contribution < 1.29 is 24.0 Å². The molecule has 0 radical (unpaired) electrons. The fraction of sp³-hybridized carbons (Fsp3) is 0.625. The number of unbranched alkanes of at least 4 members (excludes halogenated alkanes) is 3. The Morgan fingerprint density at radius 3 is 2.32 bits per heavy atom. The Bertz CT molecular complexity index is 588. The zero-order chi connectivity index (χ0) is 18.7. The summed E-state index contributed by atoms with van der Waals surface area (Å²) in [7, 11) is 1.40. The van der Waals surface area contributed by atoms with Crippen molar-refractivity contribution in [3.05, 3.63) is 10.6 Å². The molecule has 0 fully saturated rings. The molecule has 0 saturated carbocycles. The van der Waals surface area contributed by atoms with Gasteiger partial charge in [0.05, 0.1) is 19.4 Å². The van der Waals surface area contributed by atoms with Crippen LogP contribution in [0.3, 0.4) is 0 Å². The molecule has 0 bridgehead atoms. The van der Waals surface area contributed by atoms with Crippen molar-refractivity contribution in [2.24, 2.45) is 0 Å². The molecule has 1 rings (SSSR count). The molecule has 0 aliphatic carbocycles. The summed E-state index contributed by atoms with van der Waals surface area (Å²) in [4.78, 5) is 43.9. The molecule has 140 valence electrons. The molecule has 8 nitrogen and oxygen atoms in total. The first-order valence-electron chi connectivity index (χ1n) is 8.24. The zero-order valence-electron chi connectivity index (χ0n) is 14.8. The lowest BCUT2D eigenvalue weighted by Crippen LogP contribution is -2.21. The summed E-state index contributed by atoms with van der Waals surface area (Å²) < 4.78 is 4.94. The van der Waals surface area contributed by atoms with Crippen LogP contribution in [0.15, 0.2) is 0 Å². The molecule has 0 spiro atoms. The number of nitrogens with zero attached hydrogens (tertiary/aromatic N) is 1. The number of thiazole rings is 1. The van der Waals surface area contributed by atoms with Crippen LogP contribution in [-0.4, -0.2) is 36.5 Å². The molecule has 25 heavy (non-hydrogen) atoms. The highest BCUT2D eigenvalue weighted by Gasteiger charge is 2.17. The van der Waals surface area contributed by atoms with Gasteiger partial charge in [-0.3, -0.25) is 14.4 Å². The summed E-state index contributed by atoms with van der Waals surface area (Å²) in [5.74, 6) is -0.700. The van der Waals surface area contributed by atoms with E-state index in [1.807, 2.05) is 0 Å². The Hall–Kier alpha value is -2.00. The van der Waals surface area contributed by atoms with Crippen molar-refractivity contribution in [1.82, 2.24) is 10.5 Å². The second-order valence-corrected chi connectivity index (χ2v) is 6.34. The van der Waals surface area contributed by atoms with Crippen LogP contribution >= 0.6 is 11.3 Å². The normalized spacial score (nSPS) is 10.4. The summed E-state index contributed by atoms with van der Waals surface area (Å²) in [5, 5.41) is 3.11. The van der Waals surface area contributed by atoms with Gasteiger partial charge in [-0.1, -0.05) is 24.2 Å². The number of nitrogens with one attached hydrogen (secondary N) is 2. The summed E-state index contributed by atoms with van der Waals surface area (Å²) in [5.41, 5.74) is 2.81. The van der Waals surface area contributed by atoms with Crippen LogP contribution in [-0.2, 0) is 19.2 Å². The highest BCUT2D eigenvalue weighted by Crippen LogP contribution is 2.23. The van der Waals surface area contributed by atoms with Crippen molar-refractivity contribution in [3.8, 4) is 0 Å². The third kappa shape index (κ3) is 8.08. The number of rotatable bonds is 11. The van der Waals surface area contributed by atoms with E-state index in [4.69, 9.17) is 4.74 Å². The molecule has 0 aliphatic rings. The molecule has 0 atom stereocenters. The van der Waals surface area contributed by atoms with Crippen molar-refractivity contribution in [2.75, 3.05) is 19.0 Å². The molecular formula is C16H25N3O5S. The lowest BCUT2D eigenvalue weighted by Gasteiger charge is -2.03. The fourth-order valence-electron chi connectivity index (χ4n) is 2.11. The average molecular weight is 371 g/mol. The standard InChI is InChI=1S/C16H25N3O5S/c1-4-24-15(22)14-11(2)17-16(25-14)18-12(20)9-7-5-6-8-10-13(21)19-23-3/h4-10H2,1-3H3,(H,19,21)(H,17,18,20). The van der Waals surface area contributed by atoms with E-state index in [2.05, 4.69) is 20.6 Å². The number of anilines is 1. The molecule has 0 saturated heterocycles. The van der Waals surface area contributed by atoms with Crippen LogP contribution in [0.1, 0.15) is 60.8 Å². The average Bonchev–Trinajstić information content (AvgIpc) is 2.91. The Morgan fingerprint density at radius 2 is 1.72 bits per heavy atom. The summed E-state index contributed by atoms with van der Waals surface area (Å²) >= 11 is 1.12. The van der Waals surface area contributed by atoms with Gasteiger partial charge < -0.3 is 10.1 Å². The van der Waals surface area contributed by atoms with E-state index in [0.717, 1.165) is 37.0 Å². The third-order valence-corrected chi connectivity index (χ3v) is 4.33. The smallest absolute Gasteiger partial charge is 0.350 e. The number of hydroxylamine groups is 1. The number of hydrogen-bond donors (Lipinski definition) is 2. The predicted molar refractivity (Wildman–Crippen MR) is 94.3 cm³/mol. The monoisotopic (exact) mass is 371 g/mol. The highest BCUT2D eigenvalue weighted by atomic mass is 32.1. The Kier molecular flexibility index (Phi) is 9.71. The molecule has 1 aromatic rings. The zero-order valence-corrected chi connectivity index (χ0v) is 15.7. The number of esters is 1. The van der Waals surface area contributed by atoms with E-state index in [0.29, 0.717) is 35.2 Å². The first kappa shape index (κ1) is 21.0. The van der Waals surface area contributed by atoms with Crippen molar-refractivity contribution in [3.63, 3.8) is 0 Å². The van der Waals surface area contributed by atoms with Crippen molar-refractivity contribution >= 4 is 34.3 Å². The van der Waals surface area contributed by atoms with Gasteiger partial charge in [0.2, 0.25) is 11.8 Å². The van der Waals surface area contributed by atoms with Crippen molar-refractivity contribution in [1.29, 1.82) is 0 Å². The maximum atomic E-state index is 11.9. The fourth-order valence-corrected chi connectivity index (χ4v) is 2.98. The van der Waals surface area contributed by atoms with Crippen LogP contribution in [0.2, 0.25) is 0 Å². The van der Waals surface area contributed by atoms with Gasteiger partial charge in [0.15, 0.2) is 5.13 Å². The Labute approximate surface area is 151 Å². The van der Waals surface area contributed by atoms with E-state index in [1.165, 1.54) is 7.11 Å². The molecule has 9 heteroatoms. The second kappa shape index (κ2) is 11.5. The summed E-state index contributed by atoms with van der Waals surface area (Å²) in [6.45, 7) is 3.74. The van der Waals surface area contributed by atoms with E-state index in [-0.39, 0.29) is 11.8 Å². The van der Waals surface area contributed by atoms with Gasteiger partial charge in [0.1, 0.15) is 4.88 Å². The molecule has 0 aromatic carbocycles. The lowest BCUT2D eigenvalue weighted by atomic mass is 10.1. The highest BCUT2D eigenvalue weighted by molar-refractivity contribution is 7.17. The van der Waals surface area contributed by atoms with Crippen LogP contribution in [0.4, 0.5) is 5.13 Å². The summed E-state index contributed by atoms with van der Waals surface area (Å²) in [6, 6.07) is 0. The number of amides is 2. The topological polar surface area (TPSA) is 107 Å². The minimum atomic E-state index is -0.421. The van der Waals surface area contributed by atoms with Crippen LogP contribution in [0.5, 0.6) is 0 Å². The number of carbonyl (C=O) groups excluding carboxylic acids is 3. The maximum absolute atomic E-state index is 11.9. The summed E-state index contributed by atoms with van der Waals surface area (Å²) in [6.07, 6.45) is 4.00. The molecular weight excluding hydrogens is 346 g/mol. The minimum Gasteiger partial charge on any atom is -0.462 e. The van der Waals surface area contributed by atoms with E-state index >= 15 is 0 Å². The molecule has 1 aromatic heterocycles. The van der Waals surface area contributed by atoms with Gasteiger partial charge in [-0.2, -0.15) is 0 Å². The largest absolute Gasteiger partial charge is 0.462 e. The molecule has 1 heterocycles. The van der Waals surface area contributed by atoms with E-state index in [1.54, 1.807) is 13.8 Å². The van der Waals surface area contributed by atoms with Crippen LogP contribution in [0.25, 0.3) is 0 Å². The molecule has 0 aliphatic heterocycles. The van der Waals surface area contributed by atoms with Crippen molar-refractivity contribution in [2.45, 2.75) is 52.4 Å². The van der Waals surface area contributed by atoms with E-state index in [9.17, 15) is 14.4 Å². The van der Waals surface area contributed by atoms with Gasteiger partial charge >= 0.3 is 5.97 Å². The second-order valence-electron chi connectivity index (χ2n) is 5.35. The quantitative estimate of drug-likeness (QED) is 0.352. The first-order chi connectivity index (χ1) is 12.0. The Morgan fingerprint density at radius 1 is 1.08 bits per heavy atom. The molecule has 2 amide bonds. The third-order valence-electron chi connectivity index (χ3n) is 3.28. The number of aryl methyl sites for hydroxylation is 1. The number of aromatic nitrogens is 1. The minimum absolute atomic E-state index is 0.138. The SMILES string of the molecule is CCOC(=O)c1sc(NC(=O)CCCCCCC(=O)NOC)nc1C. The number of carbonyl (C=O) groups is 3. The van der Waals surface area contributed by atoms with Gasteiger partial charge in [-0.25, -0.2) is 15.3 Å². The van der Waals surface area contributed by atoms with E-state index < -0.39 is 5.97 Å². The predicted octanol–water partition coefficient (Wildman–Crippen LogP) is 2.58. The lowest BCUT2D eigenvalue weighted by molar-refractivity contribution is -0.131. The van der Waals surface area contributed by atoms with Crippen LogP contribution in [0, 0.1) is 6.92 Å². The first-order valence-corrected chi connectivity index (χ1v) is 9.05. The van der Waals surface area contributed by atoms with Gasteiger partial charge in [-0.15, -0.1) is 0 Å². The van der Waals surface area contributed by atoms with Gasteiger partial charge in [0, 0.05) is 12.8 Å². The maximum Gasteiger partial charge on any atom is 0.350 e. The van der Waals surface area contributed by atoms with Gasteiger partial charge in [-0.05, 0) is 26.7 Å². The number of ether oxygens (including phenoxy) is 1. The number of hydrogen-bond acceptors (Lipinski definition) is 7. The molecule has 2 N–H and O–H groups in total. The Balaban J connectivity index is 2.25.